The Kier molecular flexibility index (Phi) is 11.8. The van der Waals surface area contributed by atoms with E-state index >= 15 is 0 Å². The molecule has 1 aliphatic heterocycles. The second kappa shape index (κ2) is 15.0. The van der Waals surface area contributed by atoms with Gasteiger partial charge in [0.05, 0.1) is 11.1 Å². The Morgan fingerprint density at radius 1 is 0.757 bits per heavy atom. The summed E-state index contributed by atoms with van der Waals surface area (Å²) >= 11 is 0. The highest BCUT2D eigenvalue weighted by molar-refractivity contribution is 5.95. The van der Waals surface area contributed by atoms with E-state index in [4.69, 9.17) is 9.47 Å². The smallest absolute Gasteiger partial charge is 0.349 e. The number of carboxylic acid groups (broad SMARTS) is 2. The molecule has 0 aliphatic carbocycles. The van der Waals surface area contributed by atoms with Crippen molar-refractivity contribution in [1.82, 2.24) is 5.32 Å². The minimum Gasteiger partial charge on any atom is -0.478 e. The zero-order valence-electron chi connectivity index (χ0n) is 20.3. The molecule has 0 spiro atoms. The molecule has 0 amide bonds. The summed E-state index contributed by atoms with van der Waals surface area (Å²) < 4.78 is 9.52. The molecule has 4 atom stereocenters. The molecule has 0 radical (unpaired) electrons. The number of hydrogen-bond donors (Lipinski definition) is 3. The number of carbonyl (C=O) groups excluding carboxylic acids is 2. The van der Waals surface area contributed by atoms with Gasteiger partial charge in [0, 0.05) is 12.1 Å². The molecule has 196 valence electrons. The highest BCUT2D eigenvalue weighted by Gasteiger charge is 2.41. The maximum Gasteiger partial charge on any atom is 0.349 e. The molecule has 1 heterocycles. The SMILES string of the molecule is C=CCC1CCC(CC=C)N1.O=C(OC(C(=O)O)C(OC(=O)c1ccccc1)C(=O)O)c1ccccc1. The molecular formula is C28H31NO8. The molecule has 4 unspecified atom stereocenters. The first-order valence-electron chi connectivity index (χ1n) is 11.7. The lowest BCUT2D eigenvalue weighted by Crippen LogP contribution is -2.45. The van der Waals surface area contributed by atoms with Crippen LogP contribution in [0.25, 0.3) is 0 Å². The number of rotatable bonds is 11. The summed E-state index contributed by atoms with van der Waals surface area (Å²) in [5.41, 5.74) is 0.0505. The first kappa shape index (κ1) is 29.0. The average Bonchev–Trinajstić information content (AvgIpc) is 3.34. The maximum absolute atomic E-state index is 12.0. The summed E-state index contributed by atoms with van der Waals surface area (Å²) in [4.78, 5) is 46.8. The van der Waals surface area contributed by atoms with E-state index in [9.17, 15) is 29.4 Å². The minimum absolute atomic E-state index is 0.0253. The molecule has 37 heavy (non-hydrogen) atoms. The van der Waals surface area contributed by atoms with Crippen LogP contribution in [0.15, 0.2) is 86.0 Å². The first-order valence-corrected chi connectivity index (χ1v) is 11.7. The molecule has 3 rings (SSSR count). The van der Waals surface area contributed by atoms with Gasteiger partial charge >= 0.3 is 23.9 Å². The van der Waals surface area contributed by atoms with Crippen molar-refractivity contribution in [1.29, 1.82) is 0 Å². The quantitative estimate of drug-likeness (QED) is 0.304. The van der Waals surface area contributed by atoms with Crippen LogP contribution in [0.4, 0.5) is 0 Å². The lowest BCUT2D eigenvalue weighted by atomic mass is 10.1. The van der Waals surface area contributed by atoms with E-state index in [-0.39, 0.29) is 11.1 Å². The van der Waals surface area contributed by atoms with Crippen LogP contribution in [-0.2, 0) is 19.1 Å². The van der Waals surface area contributed by atoms with E-state index in [0.717, 1.165) is 12.8 Å². The van der Waals surface area contributed by atoms with Crippen molar-refractivity contribution < 1.29 is 38.9 Å². The van der Waals surface area contributed by atoms with E-state index in [1.54, 1.807) is 12.1 Å². The third kappa shape index (κ3) is 9.38. The summed E-state index contributed by atoms with van der Waals surface area (Å²) in [7, 11) is 0. The number of carbonyl (C=O) groups is 4. The van der Waals surface area contributed by atoms with Crippen molar-refractivity contribution in [3.63, 3.8) is 0 Å². The summed E-state index contributed by atoms with van der Waals surface area (Å²) in [5, 5.41) is 22.0. The Morgan fingerprint density at radius 2 is 1.11 bits per heavy atom. The molecule has 3 N–H and O–H groups in total. The first-order chi connectivity index (χ1) is 17.8. The van der Waals surface area contributed by atoms with Gasteiger partial charge in [-0.1, -0.05) is 48.6 Å². The molecule has 9 heteroatoms. The van der Waals surface area contributed by atoms with Crippen molar-refractivity contribution in [2.24, 2.45) is 0 Å². The lowest BCUT2D eigenvalue weighted by Gasteiger charge is -2.21. The maximum atomic E-state index is 12.0. The Balaban J connectivity index is 0.000000364. The topological polar surface area (TPSA) is 139 Å². The number of benzene rings is 2. The molecule has 0 bridgehead atoms. The van der Waals surface area contributed by atoms with Crippen LogP contribution >= 0.6 is 0 Å². The lowest BCUT2D eigenvalue weighted by molar-refractivity contribution is -0.166. The largest absolute Gasteiger partial charge is 0.478 e. The van der Waals surface area contributed by atoms with Gasteiger partial charge in [-0.25, -0.2) is 19.2 Å². The number of aliphatic carboxylic acids is 2. The normalized spacial score (nSPS) is 17.7. The van der Waals surface area contributed by atoms with Crippen molar-refractivity contribution in [3.05, 3.63) is 97.1 Å². The van der Waals surface area contributed by atoms with E-state index in [0.29, 0.717) is 12.1 Å². The van der Waals surface area contributed by atoms with Crippen LogP contribution in [0.5, 0.6) is 0 Å². The van der Waals surface area contributed by atoms with Crippen LogP contribution in [0.1, 0.15) is 46.4 Å². The molecule has 1 saturated heterocycles. The van der Waals surface area contributed by atoms with E-state index < -0.39 is 36.1 Å². The van der Waals surface area contributed by atoms with E-state index in [1.165, 1.54) is 61.4 Å². The van der Waals surface area contributed by atoms with Crippen molar-refractivity contribution in [2.75, 3.05) is 0 Å². The zero-order valence-corrected chi connectivity index (χ0v) is 20.3. The molecule has 2 aromatic rings. The molecule has 9 nitrogen and oxygen atoms in total. The van der Waals surface area contributed by atoms with Crippen LogP contribution < -0.4 is 5.32 Å². The van der Waals surface area contributed by atoms with Gasteiger partial charge in [0.25, 0.3) is 0 Å². The summed E-state index contributed by atoms with van der Waals surface area (Å²) in [6.45, 7) is 7.47. The standard InChI is InChI=1S/C18H14O8.C10H17N/c19-15(20)13(25-17(23)11-7-3-1-4-8-11)14(16(21)22)26-18(24)12-9-5-2-6-10-12;1-3-5-9-7-8-10(11-9)6-4-2/h1-10,13-14H,(H,19,20)(H,21,22);3-4,9-11H,1-2,5-8H2. The van der Waals surface area contributed by atoms with Gasteiger partial charge in [0.2, 0.25) is 12.2 Å². The van der Waals surface area contributed by atoms with Gasteiger partial charge in [-0.15, -0.1) is 13.2 Å². The minimum atomic E-state index is -2.21. The highest BCUT2D eigenvalue weighted by atomic mass is 16.6. The number of esters is 2. The van der Waals surface area contributed by atoms with Crippen LogP contribution in [0, 0.1) is 0 Å². The molecule has 0 aromatic heterocycles. The second-order valence-corrected chi connectivity index (χ2v) is 8.25. The monoisotopic (exact) mass is 509 g/mol. The number of hydrogen-bond acceptors (Lipinski definition) is 7. The fourth-order valence-corrected chi connectivity index (χ4v) is 3.68. The molecule has 1 aliphatic rings. The van der Waals surface area contributed by atoms with Gasteiger partial charge in [-0.2, -0.15) is 0 Å². The zero-order chi connectivity index (χ0) is 27.2. The Bertz CT molecular complexity index is 985. The van der Waals surface area contributed by atoms with E-state index in [1.807, 2.05) is 12.2 Å². The number of nitrogens with one attached hydrogen (secondary N) is 1. The van der Waals surface area contributed by atoms with Crippen molar-refractivity contribution in [3.8, 4) is 0 Å². The highest BCUT2D eigenvalue weighted by Crippen LogP contribution is 2.17. The van der Waals surface area contributed by atoms with Crippen LogP contribution in [0.2, 0.25) is 0 Å². The Labute approximate surface area is 215 Å². The van der Waals surface area contributed by atoms with Crippen molar-refractivity contribution >= 4 is 23.9 Å². The third-order valence-corrected chi connectivity index (χ3v) is 5.49. The van der Waals surface area contributed by atoms with Gasteiger partial charge in [0.1, 0.15) is 0 Å². The number of ether oxygens (including phenoxy) is 2. The second-order valence-electron chi connectivity index (χ2n) is 8.25. The Morgan fingerprint density at radius 3 is 1.41 bits per heavy atom. The van der Waals surface area contributed by atoms with E-state index in [2.05, 4.69) is 18.5 Å². The molecule has 2 aromatic carbocycles. The summed E-state index contributed by atoms with van der Waals surface area (Å²) in [6.07, 6.45) is 4.36. The Hall–Kier alpha value is -4.24. The summed E-state index contributed by atoms with van der Waals surface area (Å²) in [5.74, 6) is -5.63. The fourth-order valence-electron chi connectivity index (χ4n) is 3.68. The average molecular weight is 510 g/mol. The predicted octanol–water partition coefficient (Wildman–Crippen LogP) is 3.87. The third-order valence-electron chi connectivity index (χ3n) is 5.49. The predicted molar refractivity (Wildman–Crippen MR) is 136 cm³/mol. The van der Waals surface area contributed by atoms with Gasteiger partial charge in [-0.05, 0) is 49.9 Å². The molecule has 1 fully saturated rings. The van der Waals surface area contributed by atoms with Crippen LogP contribution in [0.3, 0.4) is 0 Å². The molecule has 0 saturated carbocycles. The van der Waals surface area contributed by atoms with Gasteiger partial charge < -0.3 is 25.0 Å². The summed E-state index contributed by atoms with van der Waals surface area (Å²) in [6, 6.07) is 16.2. The van der Waals surface area contributed by atoms with Gasteiger partial charge in [-0.3, -0.25) is 0 Å². The fraction of sp³-hybridized carbons (Fsp3) is 0.286. The van der Waals surface area contributed by atoms with Crippen molar-refractivity contribution in [2.45, 2.75) is 50.0 Å². The molecular weight excluding hydrogens is 478 g/mol. The van der Waals surface area contributed by atoms with Gasteiger partial charge in [0.15, 0.2) is 0 Å². The number of carboxylic acids is 2. The van der Waals surface area contributed by atoms with Crippen LogP contribution in [-0.4, -0.2) is 58.4 Å².